The quantitative estimate of drug-likeness (QED) is 0.870. The highest BCUT2D eigenvalue weighted by molar-refractivity contribution is 7.89. The second-order valence-corrected chi connectivity index (χ2v) is 7.62. The van der Waals surface area contributed by atoms with Gasteiger partial charge >= 0.3 is 0 Å². The van der Waals surface area contributed by atoms with Gasteiger partial charge in [-0.15, -0.1) is 0 Å². The number of amides is 1. The van der Waals surface area contributed by atoms with Crippen LogP contribution in [0.15, 0.2) is 59.5 Å². The summed E-state index contributed by atoms with van der Waals surface area (Å²) in [6, 6.07) is 15.0. The number of carbonyl (C=O) groups excluding carboxylic acids is 1. The lowest BCUT2D eigenvalue weighted by molar-refractivity contribution is -0.130. The van der Waals surface area contributed by atoms with Gasteiger partial charge in [0.15, 0.2) is 0 Å². The summed E-state index contributed by atoms with van der Waals surface area (Å²) in [4.78, 5) is 14.0. The summed E-state index contributed by atoms with van der Waals surface area (Å²) in [6.07, 6.45) is 0.295. The minimum Gasteiger partial charge on any atom is -0.347 e. The van der Waals surface area contributed by atoms with Crippen molar-refractivity contribution >= 4 is 15.9 Å². The van der Waals surface area contributed by atoms with E-state index in [1.165, 1.54) is 17.0 Å². The van der Waals surface area contributed by atoms with E-state index in [1.54, 1.807) is 26.2 Å². The summed E-state index contributed by atoms with van der Waals surface area (Å²) in [5.74, 6) is -0.283. The number of aryl methyl sites for hydroxylation is 1. The molecule has 0 aliphatic carbocycles. The molecule has 2 aromatic rings. The Kier molecular flexibility index (Phi) is 5.75. The standard InChI is InChI=1S/C18H22N2O3S/c1-14-9-11-16(12-10-14)24(22,23)19-17(18(21)20(2)3)13-15-7-5-4-6-8-15/h4-12,17,19H,13H2,1-3H3. The van der Waals surface area contributed by atoms with Crippen molar-refractivity contribution < 1.29 is 13.2 Å². The predicted molar refractivity (Wildman–Crippen MR) is 94.1 cm³/mol. The molecular formula is C18H22N2O3S. The highest BCUT2D eigenvalue weighted by Gasteiger charge is 2.27. The fraction of sp³-hybridized carbons (Fsp3) is 0.278. The van der Waals surface area contributed by atoms with Crippen LogP contribution in [0.4, 0.5) is 0 Å². The van der Waals surface area contributed by atoms with Gasteiger partial charge < -0.3 is 4.90 Å². The molecule has 0 aromatic heterocycles. The monoisotopic (exact) mass is 346 g/mol. The van der Waals surface area contributed by atoms with Crippen LogP contribution in [-0.4, -0.2) is 39.4 Å². The fourth-order valence-corrected chi connectivity index (χ4v) is 3.50. The van der Waals surface area contributed by atoms with E-state index < -0.39 is 16.1 Å². The molecule has 0 fully saturated rings. The number of likely N-dealkylation sites (N-methyl/N-ethyl adjacent to an activating group) is 1. The Bertz CT molecular complexity index is 785. The fourth-order valence-electron chi connectivity index (χ4n) is 2.31. The number of hydrogen-bond donors (Lipinski definition) is 1. The number of sulfonamides is 1. The molecule has 1 N–H and O–H groups in total. The third kappa shape index (κ3) is 4.66. The van der Waals surface area contributed by atoms with Gasteiger partial charge in [-0.1, -0.05) is 48.0 Å². The average Bonchev–Trinajstić information content (AvgIpc) is 2.54. The summed E-state index contributed by atoms with van der Waals surface area (Å²) in [5, 5.41) is 0. The third-order valence-electron chi connectivity index (χ3n) is 3.65. The second kappa shape index (κ2) is 7.59. The Morgan fingerprint density at radius 1 is 1.04 bits per heavy atom. The normalized spacial score (nSPS) is 12.6. The van der Waals surface area contributed by atoms with E-state index in [-0.39, 0.29) is 10.8 Å². The molecule has 0 saturated heterocycles. The molecule has 0 saturated carbocycles. The van der Waals surface area contributed by atoms with Gasteiger partial charge in [-0.25, -0.2) is 8.42 Å². The van der Waals surface area contributed by atoms with Gasteiger partial charge in [-0.3, -0.25) is 4.79 Å². The average molecular weight is 346 g/mol. The third-order valence-corrected chi connectivity index (χ3v) is 5.14. The van der Waals surface area contributed by atoms with E-state index in [1.807, 2.05) is 37.3 Å². The first-order valence-electron chi connectivity index (χ1n) is 7.63. The minimum absolute atomic E-state index is 0.151. The zero-order valence-electron chi connectivity index (χ0n) is 14.1. The van der Waals surface area contributed by atoms with Crippen molar-refractivity contribution in [1.82, 2.24) is 9.62 Å². The Hall–Kier alpha value is -2.18. The van der Waals surface area contributed by atoms with Crippen LogP contribution in [0.1, 0.15) is 11.1 Å². The number of hydrogen-bond acceptors (Lipinski definition) is 3. The predicted octanol–water partition coefficient (Wildman–Crippen LogP) is 1.97. The van der Waals surface area contributed by atoms with Gasteiger partial charge in [0, 0.05) is 14.1 Å². The first-order chi connectivity index (χ1) is 11.3. The van der Waals surface area contributed by atoms with Crippen molar-refractivity contribution in [3.8, 4) is 0 Å². The van der Waals surface area contributed by atoms with Crippen LogP contribution < -0.4 is 4.72 Å². The molecule has 24 heavy (non-hydrogen) atoms. The Morgan fingerprint density at radius 3 is 2.17 bits per heavy atom. The smallest absolute Gasteiger partial charge is 0.241 e. The molecule has 2 rings (SSSR count). The van der Waals surface area contributed by atoms with Gasteiger partial charge in [0.05, 0.1) is 4.90 Å². The van der Waals surface area contributed by atoms with Crippen molar-refractivity contribution in [3.05, 3.63) is 65.7 Å². The van der Waals surface area contributed by atoms with E-state index in [4.69, 9.17) is 0 Å². The molecule has 5 nitrogen and oxygen atoms in total. The molecule has 1 amide bonds. The lowest BCUT2D eigenvalue weighted by Gasteiger charge is -2.22. The molecule has 1 atom stereocenters. The van der Waals surface area contributed by atoms with Crippen molar-refractivity contribution in [3.63, 3.8) is 0 Å². The summed E-state index contributed by atoms with van der Waals surface area (Å²) >= 11 is 0. The molecule has 0 aliphatic rings. The second-order valence-electron chi connectivity index (χ2n) is 5.91. The van der Waals surface area contributed by atoms with Crippen molar-refractivity contribution in [2.45, 2.75) is 24.3 Å². The van der Waals surface area contributed by atoms with Crippen LogP contribution >= 0.6 is 0 Å². The van der Waals surface area contributed by atoms with E-state index in [2.05, 4.69) is 4.72 Å². The molecule has 0 heterocycles. The summed E-state index contributed by atoms with van der Waals surface area (Å²) in [7, 11) is -0.549. The Labute approximate surface area is 143 Å². The molecule has 2 aromatic carbocycles. The maximum atomic E-state index is 12.6. The molecule has 1 unspecified atom stereocenters. The lowest BCUT2D eigenvalue weighted by atomic mass is 10.1. The maximum absolute atomic E-state index is 12.6. The van der Waals surface area contributed by atoms with Gasteiger partial charge in [-0.05, 0) is 31.0 Å². The molecule has 0 aliphatic heterocycles. The topological polar surface area (TPSA) is 66.5 Å². The molecule has 6 heteroatoms. The minimum atomic E-state index is -3.77. The molecule has 128 valence electrons. The molecule has 0 spiro atoms. The first kappa shape index (κ1) is 18.2. The lowest BCUT2D eigenvalue weighted by Crippen LogP contribution is -2.47. The SMILES string of the molecule is Cc1ccc(S(=O)(=O)NC(Cc2ccccc2)C(=O)N(C)C)cc1. The number of benzene rings is 2. The van der Waals surface area contributed by atoms with E-state index in [0.29, 0.717) is 6.42 Å². The van der Waals surface area contributed by atoms with Crippen LogP contribution in [0.25, 0.3) is 0 Å². The van der Waals surface area contributed by atoms with E-state index >= 15 is 0 Å². The van der Waals surface area contributed by atoms with Crippen molar-refractivity contribution in [2.75, 3.05) is 14.1 Å². The summed E-state index contributed by atoms with van der Waals surface area (Å²) in [5.41, 5.74) is 1.86. The highest BCUT2D eigenvalue weighted by Crippen LogP contribution is 2.13. The summed E-state index contributed by atoms with van der Waals surface area (Å²) < 4.78 is 27.7. The van der Waals surface area contributed by atoms with Crippen molar-refractivity contribution in [1.29, 1.82) is 0 Å². The van der Waals surface area contributed by atoms with Gasteiger partial charge in [-0.2, -0.15) is 4.72 Å². The Balaban J connectivity index is 2.27. The van der Waals surface area contributed by atoms with Crippen LogP contribution in [0.5, 0.6) is 0 Å². The zero-order valence-corrected chi connectivity index (χ0v) is 14.9. The molecule has 0 bridgehead atoms. The van der Waals surface area contributed by atoms with Crippen molar-refractivity contribution in [2.24, 2.45) is 0 Å². The van der Waals surface area contributed by atoms with Crippen LogP contribution in [0.3, 0.4) is 0 Å². The highest BCUT2D eigenvalue weighted by atomic mass is 32.2. The van der Waals surface area contributed by atoms with Gasteiger partial charge in [0.25, 0.3) is 0 Å². The maximum Gasteiger partial charge on any atom is 0.241 e. The number of nitrogens with zero attached hydrogens (tertiary/aromatic N) is 1. The zero-order chi connectivity index (χ0) is 17.7. The molecular weight excluding hydrogens is 324 g/mol. The van der Waals surface area contributed by atoms with E-state index in [9.17, 15) is 13.2 Å². The van der Waals surface area contributed by atoms with Gasteiger partial charge in [0.1, 0.15) is 6.04 Å². The first-order valence-corrected chi connectivity index (χ1v) is 9.12. The van der Waals surface area contributed by atoms with Crippen LogP contribution in [0, 0.1) is 6.92 Å². The molecule has 0 radical (unpaired) electrons. The van der Waals surface area contributed by atoms with Crippen LogP contribution in [-0.2, 0) is 21.2 Å². The van der Waals surface area contributed by atoms with Gasteiger partial charge in [0.2, 0.25) is 15.9 Å². The van der Waals surface area contributed by atoms with E-state index in [0.717, 1.165) is 11.1 Å². The Morgan fingerprint density at radius 2 is 1.62 bits per heavy atom. The van der Waals surface area contributed by atoms with Crippen LogP contribution in [0.2, 0.25) is 0 Å². The number of carbonyl (C=O) groups is 1. The summed E-state index contributed by atoms with van der Waals surface area (Å²) in [6.45, 7) is 1.89. The largest absolute Gasteiger partial charge is 0.347 e. The number of nitrogens with one attached hydrogen (secondary N) is 1. The number of rotatable bonds is 6.